The summed E-state index contributed by atoms with van der Waals surface area (Å²) in [5, 5.41) is 15.9. The molecule has 3 fully saturated rings. The van der Waals surface area contributed by atoms with Gasteiger partial charge in [0.2, 0.25) is 17.7 Å². The first-order valence-electron chi connectivity index (χ1n) is 11.4. The number of nitrogens with one attached hydrogen (secondary N) is 2. The zero-order valence-corrected chi connectivity index (χ0v) is 21.2. The number of ether oxygens (including phenoxy) is 1. The number of fused-ring (bicyclic) bond motifs is 1. The molecule has 33 heavy (non-hydrogen) atoms. The number of carbonyl (C=O) groups excluding carboxylic acids is 3. The molecule has 1 spiro atoms. The molecule has 0 aliphatic carbocycles. The first-order valence-corrected chi connectivity index (χ1v) is 12.3. The van der Waals surface area contributed by atoms with Gasteiger partial charge in [-0.15, -0.1) is 0 Å². The molecule has 3 aliphatic rings. The lowest BCUT2D eigenvalue weighted by Gasteiger charge is -2.38. The number of amides is 3. The van der Waals surface area contributed by atoms with Crippen molar-refractivity contribution < 1.29 is 24.2 Å². The number of likely N-dealkylation sites (tertiary alicyclic amines) is 1. The fourth-order valence-electron chi connectivity index (χ4n) is 6.01. The number of alkyl halides is 1. The van der Waals surface area contributed by atoms with Gasteiger partial charge in [-0.2, -0.15) is 0 Å². The molecule has 3 heterocycles. The van der Waals surface area contributed by atoms with Gasteiger partial charge in [0.15, 0.2) is 0 Å². The molecule has 3 unspecified atom stereocenters. The molecule has 9 heteroatoms. The molecule has 0 aromatic heterocycles. The minimum Gasteiger partial charge on any atom is -0.394 e. The first-order chi connectivity index (χ1) is 15.6. The van der Waals surface area contributed by atoms with E-state index in [1.165, 1.54) is 11.9 Å². The first kappa shape index (κ1) is 24.2. The molecule has 0 saturated carbocycles. The van der Waals surface area contributed by atoms with Gasteiger partial charge in [0.25, 0.3) is 0 Å². The third-order valence-corrected chi connectivity index (χ3v) is 8.41. The van der Waals surface area contributed by atoms with Crippen molar-refractivity contribution >= 4 is 39.3 Å². The number of rotatable bonds is 6. The largest absolute Gasteiger partial charge is 0.394 e. The molecule has 8 nitrogen and oxygen atoms in total. The summed E-state index contributed by atoms with van der Waals surface area (Å²) in [6.07, 6.45) is -0.0673. The van der Waals surface area contributed by atoms with Crippen LogP contribution in [0.1, 0.15) is 31.4 Å². The Bertz CT molecular complexity index is 965. The molecular weight excluding hydrogens is 490 g/mol. The average molecular weight is 522 g/mol. The SMILES string of the molecule is CNC(=O)[C@H]1[C@@H]2OC3(CC2Br)C(C(=O)Nc2c(C)cccc2C)N([C@@H](CO)C(C)C)C(=O)[C@H]13. The van der Waals surface area contributed by atoms with Gasteiger partial charge >= 0.3 is 0 Å². The predicted octanol–water partition coefficient (Wildman–Crippen LogP) is 1.75. The number of benzene rings is 1. The molecule has 4 rings (SSSR count). The van der Waals surface area contributed by atoms with Crippen LogP contribution < -0.4 is 10.6 Å². The number of anilines is 1. The summed E-state index contributed by atoms with van der Waals surface area (Å²) >= 11 is 3.64. The summed E-state index contributed by atoms with van der Waals surface area (Å²) in [4.78, 5) is 42.0. The van der Waals surface area contributed by atoms with E-state index < -0.39 is 35.6 Å². The van der Waals surface area contributed by atoms with Crippen LogP contribution in [-0.4, -0.2) is 70.0 Å². The Labute approximate surface area is 202 Å². The van der Waals surface area contributed by atoms with Gasteiger partial charge in [-0.25, -0.2) is 0 Å². The van der Waals surface area contributed by atoms with E-state index in [2.05, 4.69) is 26.6 Å². The Hall–Kier alpha value is -1.97. The molecule has 3 amide bonds. The van der Waals surface area contributed by atoms with Gasteiger partial charge in [-0.3, -0.25) is 14.4 Å². The van der Waals surface area contributed by atoms with E-state index in [0.717, 1.165) is 11.1 Å². The van der Waals surface area contributed by atoms with Crippen molar-refractivity contribution in [1.29, 1.82) is 0 Å². The fourth-order valence-corrected chi connectivity index (χ4v) is 6.96. The second kappa shape index (κ2) is 8.67. The zero-order chi connectivity index (χ0) is 24.2. The lowest BCUT2D eigenvalue weighted by Crippen LogP contribution is -2.57. The number of aryl methyl sites for hydroxylation is 2. The van der Waals surface area contributed by atoms with Crippen molar-refractivity contribution in [1.82, 2.24) is 10.2 Å². The lowest BCUT2D eigenvalue weighted by atomic mass is 9.70. The summed E-state index contributed by atoms with van der Waals surface area (Å²) in [5.41, 5.74) is 1.38. The number of carbonyl (C=O) groups is 3. The average Bonchev–Trinajstić information content (AvgIpc) is 3.34. The predicted molar refractivity (Wildman–Crippen MR) is 127 cm³/mol. The highest BCUT2D eigenvalue weighted by Crippen LogP contribution is 2.60. The van der Waals surface area contributed by atoms with E-state index in [4.69, 9.17) is 4.74 Å². The minimum atomic E-state index is -1.14. The highest BCUT2D eigenvalue weighted by molar-refractivity contribution is 9.09. The summed E-state index contributed by atoms with van der Waals surface area (Å²) in [6.45, 7) is 7.36. The molecule has 1 aromatic rings. The van der Waals surface area contributed by atoms with Gasteiger partial charge in [-0.1, -0.05) is 48.0 Å². The fraction of sp³-hybridized carbons (Fsp3) is 0.625. The van der Waals surface area contributed by atoms with Crippen LogP contribution in [0.4, 0.5) is 5.69 Å². The summed E-state index contributed by atoms with van der Waals surface area (Å²) in [7, 11) is 1.54. The Balaban J connectivity index is 1.82. The maximum absolute atomic E-state index is 13.9. The number of hydrogen-bond acceptors (Lipinski definition) is 5. The Kier molecular flexibility index (Phi) is 6.35. The Morgan fingerprint density at radius 1 is 1.27 bits per heavy atom. The monoisotopic (exact) mass is 521 g/mol. The van der Waals surface area contributed by atoms with Crippen LogP contribution in [-0.2, 0) is 19.1 Å². The molecule has 2 bridgehead atoms. The third-order valence-electron chi connectivity index (χ3n) is 7.57. The number of nitrogens with zero attached hydrogens (tertiary/aromatic N) is 1. The Morgan fingerprint density at radius 2 is 1.91 bits per heavy atom. The van der Waals surface area contributed by atoms with Crippen LogP contribution in [0.3, 0.4) is 0 Å². The Morgan fingerprint density at radius 3 is 2.45 bits per heavy atom. The smallest absolute Gasteiger partial charge is 0.250 e. The molecule has 3 N–H and O–H groups in total. The minimum absolute atomic E-state index is 0.0971. The van der Waals surface area contributed by atoms with Crippen LogP contribution in [0.2, 0.25) is 0 Å². The van der Waals surface area contributed by atoms with E-state index in [0.29, 0.717) is 12.1 Å². The van der Waals surface area contributed by atoms with Gasteiger partial charge in [0.05, 0.1) is 30.6 Å². The van der Waals surface area contributed by atoms with Gasteiger partial charge in [0, 0.05) is 17.6 Å². The van der Waals surface area contributed by atoms with E-state index in [1.54, 1.807) is 0 Å². The van der Waals surface area contributed by atoms with Crippen molar-refractivity contribution in [3.05, 3.63) is 29.3 Å². The molecule has 7 atom stereocenters. The molecule has 3 saturated heterocycles. The van der Waals surface area contributed by atoms with Crippen LogP contribution >= 0.6 is 15.9 Å². The van der Waals surface area contributed by atoms with Crippen LogP contribution in [0.25, 0.3) is 0 Å². The zero-order valence-electron chi connectivity index (χ0n) is 19.6. The van der Waals surface area contributed by atoms with E-state index in [9.17, 15) is 19.5 Å². The van der Waals surface area contributed by atoms with E-state index in [-0.39, 0.29) is 35.1 Å². The summed E-state index contributed by atoms with van der Waals surface area (Å²) in [6, 6.07) is 4.21. The molecule has 0 radical (unpaired) electrons. The summed E-state index contributed by atoms with van der Waals surface area (Å²) < 4.78 is 6.43. The molecule has 3 aliphatic heterocycles. The molecule has 1 aromatic carbocycles. The lowest BCUT2D eigenvalue weighted by molar-refractivity contribution is -0.145. The van der Waals surface area contributed by atoms with Gasteiger partial charge < -0.3 is 25.4 Å². The van der Waals surface area contributed by atoms with Crippen molar-refractivity contribution in [3.63, 3.8) is 0 Å². The number of aliphatic hydroxyl groups excluding tert-OH is 1. The topological polar surface area (TPSA) is 108 Å². The van der Waals surface area contributed by atoms with Crippen LogP contribution in [0.15, 0.2) is 18.2 Å². The van der Waals surface area contributed by atoms with Crippen molar-refractivity contribution in [2.45, 2.75) is 62.7 Å². The molecule has 180 valence electrons. The van der Waals surface area contributed by atoms with Crippen LogP contribution in [0.5, 0.6) is 0 Å². The van der Waals surface area contributed by atoms with Gasteiger partial charge in [-0.05, 0) is 37.3 Å². The second-order valence-electron chi connectivity index (χ2n) is 9.77. The van der Waals surface area contributed by atoms with Crippen molar-refractivity contribution in [3.8, 4) is 0 Å². The van der Waals surface area contributed by atoms with Gasteiger partial charge in [0.1, 0.15) is 11.6 Å². The van der Waals surface area contributed by atoms with Crippen LogP contribution in [0, 0.1) is 31.6 Å². The third kappa shape index (κ3) is 3.51. The standard InChI is InChI=1S/C24H32BrN3O5/c1-11(2)15(10-29)28-20(22(31)27-18-12(3)7-6-8-13(18)4)24-9-14(25)19(33-24)16(21(30)26-5)17(24)23(28)32/h6-8,11,14-17,19-20,29H,9-10H2,1-5H3,(H,26,30)(H,27,31)/t14?,15-,16+,17-,19+,20?,24?/m0/s1. The number of para-hydroxylation sites is 1. The highest BCUT2D eigenvalue weighted by atomic mass is 79.9. The maximum Gasteiger partial charge on any atom is 0.250 e. The molecular formula is C24H32BrN3O5. The van der Waals surface area contributed by atoms with Crippen molar-refractivity contribution in [2.24, 2.45) is 17.8 Å². The number of aliphatic hydroxyl groups is 1. The maximum atomic E-state index is 13.9. The summed E-state index contributed by atoms with van der Waals surface area (Å²) in [5.74, 6) is -2.52. The highest BCUT2D eigenvalue weighted by Gasteiger charge is 2.77. The van der Waals surface area contributed by atoms with E-state index >= 15 is 0 Å². The van der Waals surface area contributed by atoms with E-state index in [1.807, 2.05) is 45.9 Å². The normalized spacial score (nSPS) is 33.4. The number of halogens is 1. The number of hydrogen-bond donors (Lipinski definition) is 3. The van der Waals surface area contributed by atoms with Crippen molar-refractivity contribution in [2.75, 3.05) is 19.0 Å². The quantitative estimate of drug-likeness (QED) is 0.494. The second-order valence-corrected chi connectivity index (χ2v) is 10.9.